The fourth-order valence-corrected chi connectivity index (χ4v) is 3.79. The van der Waals surface area contributed by atoms with Gasteiger partial charge in [0.1, 0.15) is 5.82 Å². The van der Waals surface area contributed by atoms with Gasteiger partial charge in [-0.2, -0.15) is 0 Å². The predicted octanol–water partition coefficient (Wildman–Crippen LogP) is 5.56. The summed E-state index contributed by atoms with van der Waals surface area (Å²) in [7, 11) is 0. The van der Waals surface area contributed by atoms with Crippen molar-refractivity contribution in [2.24, 2.45) is 0 Å². The lowest BCUT2D eigenvalue weighted by atomic mass is 10.0. The Balaban J connectivity index is 1.61. The molecule has 5 nitrogen and oxygen atoms in total. The van der Waals surface area contributed by atoms with Gasteiger partial charge in [0.25, 0.3) is 5.56 Å². The maximum atomic E-state index is 13.2. The average molecular weight is 444 g/mol. The lowest BCUT2D eigenvalue weighted by Gasteiger charge is -2.23. The Kier molecular flexibility index (Phi) is 6.54. The lowest BCUT2D eigenvalue weighted by molar-refractivity contribution is 0.209. The number of nitrogens with one attached hydrogen (secondary N) is 2. The van der Waals surface area contributed by atoms with Gasteiger partial charge in [-0.3, -0.25) is 4.79 Å². The first-order chi connectivity index (χ1) is 15.9. The molecular weight excluding hydrogens is 417 g/mol. The molecule has 0 atom stereocenters. The number of carbonyl (C=O) groups excluding carboxylic acids is 1. The second-order valence-corrected chi connectivity index (χ2v) is 8.19. The minimum atomic E-state index is -0.373. The Bertz CT molecular complexity index is 1330. The largest absolute Gasteiger partial charge is 0.322 e. The van der Waals surface area contributed by atoms with Gasteiger partial charge in [0.05, 0.1) is 12.1 Å². The summed E-state index contributed by atoms with van der Waals surface area (Å²) in [5, 5.41) is 3.73. The molecule has 0 saturated carbocycles. The summed E-state index contributed by atoms with van der Waals surface area (Å²) in [4.78, 5) is 30.6. The van der Waals surface area contributed by atoms with Crippen LogP contribution >= 0.6 is 0 Å². The molecule has 3 aromatic carbocycles. The van der Waals surface area contributed by atoms with Crippen molar-refractivity contribution in [2.45, 2.75) is 26.8 Å². The van der Waals surface area contributed by atoms with Crippen LogP contribution in [0.2, 0.25) is 0 Å². The van der Waals surface area contributed by atoms with Crippen LogP contribution in [0, 0.1) is 19.7 Å². The number of pyridine rings is 1. The third kappa shape index (κ3) is 5.29. The van der Waals surface area contributed by atoms with E-state index in [1.807, 2.05) is 62.4 Å². The third-order valence-corrected chi connectivity index (χ3v) is 5.89. The number of aromatic amines is 1. The number of carbonyl (C=O) groups is 1. The van der Waals surface area contributed by atoms with Crippen molar-refractivity contribution in [1.29, 1.82) is 0 Å². The molecule has 0 spiro atoms. The number of aromatic nitrogens is 1. The molecular formula is C27H26FN3O2. The normalized spacial score (nSPS) is 10.9. The molecule has 6 heteroatoms. The Morgan fingerprint density at radius 2 is 1.73 bits per heavy atom. The highest BCUT2D eigenvalue weighted by Gasteiger charge is 2.17. The van der Waals surface area contributed by atoms with E-state index in [-0.39, 0.29) is 24.0 Å². The monoisotopic (exact) mass is 443 g/mol. The maximum Gasteiger partial charge on any atom is 0.322 e. The molecule has 0 aliphatic carbocycles. The van der Waals surface area contributed by atoms with Crippen molar-refractivity contribution < 1.29 is 9.18 Å². The van der Waals surface area contributed by atoms with Crippen molar-refractivity contribution in [3.63, 3.8) is 0 Å². The van der Waals surface area contributed by atoms with Crippen molar-refractivity contribution in [3.8, 4) is 0 Å². The molecule has 1 heterocycles. The first-order valence-corrected chi connectivity index (χ1v) is 10.9. The number of urea groups is 1. The summed E-state index contributed by atoms with van der Waals surface area (Å²) >= 11 is 0. The highest BCUT2D eigenvalue weighted by molar-refractivity contribution is 5.89. The second-order valence-electron chi connectivity index (χ2n) is 8.19. The molecule has 0 aliphatic heterocycles. The Morgan fingerprint density at radius 3 is 2.45 bits per heavy atom. The van der Waals surface area contributed by atoms with E-state index in [0.29, 0.717) is 24.2 Å². The minimum absolute atomic E-state index is 0.151. The fraction of sp³-hybridized carbons (Fsp3) is 0.185. The van der Waals surface area contributed by atoms with Crippen LogP contribution in [0.5, 0.6) is 0 Å². The molecule has 1 aromatic heterocycles. The van der Waals surface area contributed by atoms with Gasteiger partial charge in [0.15, 0.2) is 0 Å². The highest BCUT2D eigenvalue weighted by Crippen LogP contribution is 2.20. The van der Waals surface area contributed by atoms with Crippen molar-refractivity contribution in [1.82, 2.24) is 9.88 Å². The van der Waals surface area contributed by atoms with Crippen molar-refractivity contribution >= 4 is 22.6 Å². The first-order valence-electron chi connectivity index (χ1n) is 10.9. The zero-order chi connectivity index (χ0) is 23.4. The number of aryl methyl sites for hydroxylation is 2. The molecule has 4 rings (SSSR count). The number of hydrogen-bond donors (Lipinski definition) is 2. The fourth-order valence-electron chi connectivity index (χ4n) is 3.79. The van der Waals surface area contributed by atoms with E-state index in [9.17, 15) is 14.0 Å². The van der Waals surface area contributed by atoms with Crippen LogP contribution in [0.25, 0.3) is 10.9 Å². The minimum Gasteiger partial charge on any atom is -0.321 e. The van der Waals surface area contributed by atoms with E-state index >= 15 is 0 Å². The zero-order valence-electron chi connectivity index (χ0n) is 18.7. The third-order valence-electron chi connectivity index (χ3n) is 5.89. The number of fused-ring (bicyclic) bond motifs is 1. The first kappa shape index (κ1) is 22.3. The summed E-state index contributed by atoms with van der Waals surface area (Å²) in [6.45, 7) is 4.56. The molecule has 168 valence electrons. The number of amides is 2. The molecule has 2 N–H and O–H groups in total. The summed E-state index contributed by atoms with van der Waals surface area (Å²) in [6, 6.07) is 21.0. The maximum absolute atomic E-state index is 13.2. The van der Waals surface area contributed by atoms with Gasteiger partial charge in [0, 0.05) is 17.8 Å². The van der Waals surface area contributed by atoms with E-state index in [1.54, 1.807) is 4.90 Å². The number of anilines is 1. The van der Waals surface area contributed by atoms with Gasteiger partial charge in [-0.05, 0) is 72.7 Å². The number of hydrogen-bond acceptors (Lipinski definition) is 2. The quantitative estimate of drug-likeness (QED) is 0.410. The Morgan fingerprint density at radius 1 is 1.00 bits per heavy atom. The molecule has 33 heavy (non-hydrogen) atoms. The lowest BCUT2D eigenvalue weighted by Crippen LogP contribution is -2.37. The number of nitrogens with zero attached hydrogens (tertiary/aromatic N) is 1. The molecule has 0 unspecified atom stereocenters. The van der Waals surface area contributed by atoms with Crippen LogP contribution in [-0.4, -0.2) is 22.5 Å². The van der Waals surface area contributed by atoms with Gasteiger partial charge in [-0.25, -0.2) is 9.18 Å². The molecule has 0 aliphatic rings. The molecule has 0 fully saturated rings. The Hall–Kier alpha value is -3.93. The van der Waals surface area contributed by atoms with Gasteiger partial charge >= 0.3 is 6.03 Å². The second kappa shape index (κ2) is 9.69. The van der Waals surface area contributed by atoms with Crippen LogP contribution in [0.4, 0.5) is 14.9 Å². The summed E-state index contributed by atoms with van der Waals surface area (Å²) in [5.74, 6) is -0.373. The van der Waals surface area contributed by atoms with E-state index in [0.717, 1.165) is 27.6 Å². The highest BCUT2D eigenvalue weighted by atomic mass is 19.1. The van der Waals surface area contributed by atoms with Gasteiger partial charge in [0.2, 0.25) is 0 Å². The molecule has 2 amide bonds. The van der Waals surface area contributed by atoms with E-state index in [4.69, 9.17) is 0 Å². The van der Waals surface area contributed by atoms with E-state index in [1.165, 1.54) is 24.3 Å². The van der Waals surface area contributed by atoms with Crippen LogP contribution in [0.3, 0.4) is 0 Å². The van der Waals surface area contributed by atoms with Gasteiger partial charge < -0.3 is 15.2 Å². The van der Waals surface area contributed by atoms with Crippen LogP contribution < -0.4 is 10.9 Å². The summed E-state index contributed by atoms with van der Waals surface area (Å²) in [6.07, 6.45) is 0.640. The average Bonchev–Trinajstić information content (AvgIpc) is 2.82. The number of benzene rings is 3. The Labute approximate surface area is 191 Å². The van der Waals surface area contributed by atoms with Gasteiger partial charge in [-0.1, -0.05) is 42.5 Å². The van der Waals surface area contributed by atoms with Crippen LogP contribution in [-0.2, 0) is 13.0 Å². The zero-order valence-corrected chi connectivity index (χ0v) is 18.7. The van der Waals surface area contributed by atoms with Gasteiger partial charge in [-0.15, -0.1) is 0 Å². The molecule has 0 radical (unpaired) electrons. The van der Waals surface area contributed by atoms with E-state index < -0.39 is 0 Å². The topological polar surface area (TPSA) is 65.2 Å². The summed E-state index contributed by atoms with van der Waals surface area (Å²) < 4.78 is 13.2. The van der Waals surface area contributed by atoms with Crippen molar-refractivity contribution in [3.05, 3.63) is 111 Å². The van der Waals surface area contributed by atoms with Crippen LogP contribution in [0.1, 0.15) is 22.3 Å². The van der Waals surface area contributed by atoms with E-state index in [2.05, 4.69) is 10.3 Å². The number of halogens is 1. The van der Waals surface area contributed by atoms with Crippen molar-refractivity contribution in [2.75, 3.05) is 11.9 Å². The smallest absolute Gasteiger partial charge is 0.321 e. The predicted molar refractivity (Wildman–Crippen MR) is 130 cm³/mol. The number of rotatable bonds is 6. The van der Waals surface area contributed by atoms with Crippen LogP contribution in [0.15, 0.2) is 77.6 Å². The SMILES string of the molecule is Cc1ccc2cc(CN(CCc3ccccc3)C(=O)Nc3ccc(F)cc3)c(=O)[nH]c2c1C. The summed E-state index contributed by atoms with van der Waals surface area (Å²) in [5.41, 5.74) is 4.83. The standard InChI is InChI=1S/C27H26FN3O2/c1-18-8-9-21-16-22(26(32)30-25(21)19(18)2)17-31(15-14-20-6-4-3-5-7-20)27(33)29-24-12-10-23(28)11-13-24/h3-13,16H,14-15,17H2,1-2H3,(H,29,33)(H,30,32). The molecule has 0 saturated heterocycles. The number of H-pyrrole nitrogens is 1. The molecule has 0 bridgehead atoms. The molecule has 4 aromatic rings.